The maximum absolute atomic E-state index is 12.9. The molecule has 2 aliphatic rings. The van der Waals surface area contributed by atoms with Gasteiger partial charge in [0, 0.05) is 18.0 Å². The Morgan fingerprint density at radius 1 is 0.852 bits per heavy atom. The Balaban J connectivity index is 1.44. The molecule has 2 aliphatic carbocycles. The first-order valence-corrected chi connectivity index (χ1v) is 11.5. The minimum atomic E-state index is 0.192. The number of hydrogen-bond acceptors (Lipinski definition) is 2. The summed E-state index contributed by atoms with van der Waals surface area (Å²) >= 11 is 1.64. The van der Waals surface area contributed by atoms with E-state index in [4.69, 9.17) is 0 Å². The summed E-state index contributed by atoms with van der Waals surface area (Å²) in [5.41, 5.74) is 2.72. The van der Waals surface area contributed by atoms with Crippen molar-refractivity contribution in [2.24, 2.45) is 0 Å². The van der Waals surface area contributed by atoms with Crippen LogP contribution in [0.5, 0.6) is 0 Å². The van der Waals surface area contributed by atoms with Gasteiger partial charge in [-0.25, -0.2) is 0 Å². The monoisotopic (exact) mass is 381 g/mol. The molecule has 0 N–H and O–H groups in total. The van der Waals surface area contributed by atoms with E-state index in [1.165, 1.54) is 67.4 Å². The van der Waals surface area contributed by atoms with Gasteiger partial charge >= 0.3 is 0 Å². The summed E-state index contributed by atoms with van der Waals surface area (Å²) < 4.78 is 0. The minimum Gasteiger partial charge on any atom is -0.338 e. The third-order valence-electron chi connectivity index (χ3n) is 6.53. The molecule has 0 radical (unpaired) electrons. The normalized spacial score (nSPS) is 19.1. The number of hydrogen-bond donors (Lipinski definition) is 0. The second-order valence-corrected chi connectivity index (χ2v) is 9.41. The second kappa shape index (κ2) is 8.60. The van der Waals surface area contributed by atoms with Crippen molar-refractivity contribution >= 4 is 17.2 Å². The van der Waals surface area contributed by atoms with E-state index in [1.807, 2.05) is 18.0 Å². The van der Waals surface area contributed by atoms with Crippen LogP contribution in [0.2, 0.25) is 0 Å². The Morgan fingerprint density at radius 2 is 1.48 bits per heavy atom. The van der Waals surface area contributed by atoms with Gasteiger partial charge in [-0.2, -0.15) is 0 Å². The quantitative estimate of drug-likeness (QED) is 0.566. The fourth-order valence-electron chi connectivity index (χ4n) is 4.77. The Hall–Kier alpha value is -1.61. The molecule has 2 nitrogen and oxygen atoms in total. The van der Waals surface area contributed by atoms with Crippen LogP contribution in [0, 0.1) is 0 Å². The van der Waals surface area contributed by atoms with Crippen molar-refractivity contribution in [1.82, 2.24) is 4.90 Å². The van der Waals surface area contributed by atoms with Gasteiger partial charge in [0.1, 0.15) is 0 Å². The van der Waals surface area contributed by atoms with Crippen LogP contribution < -0.4 is 0 Å². The van der Waals surface area contributed by atoms with E-state index >= 15 is 0 Å². The van der Waals surface area contributed by atoms with Crippen LogP contribution in [-0.4, -0.2) is 23.9 Å². The molecule has 3 heteroatoms. The number of amides is 1. The first-order valence-electron chi connectivity index (χ1n) is 10.7. The van der Waals surface area contributed by atoms with E-state index in [0.717, 1.165) is 23.6 Å². The fourth-order valence-corrected chi connectivity index (χ4v) is 5.77. The number of benzene rings is 1. The highest BCUT2D eigenvalue weighted by molar-refractivity contribution is 7.17. The summed E-state index contributed by atoms with van der Waals surface area (Å²) in [5, 5.41) is 0. The van der Waals surface area contributed by atoms with Crippen LogP contribution in [0.25, 0.3) is 10.4 Å². The van der Waals surface area contributed by atoms with Crippen LogP contribution in [0.3, 0.4) is 0 Å². The summed E-state index contributed by atoms with van der Waals surface area (Å²) in [5.74, 6) is 0.939. The zero-order chi connectivity index (χ0) is 18.6. The van der Waals surface area contributed by atoms with Gasteiger partial charge < -0.3 is 4.90 Å². The van der Waals surface area contributed by atoms with Gasteiger partial charge in [-0.3, -0.25) is 4.79 Å². The maximum Gasteiger partial charge on any atom is 0.263 e. The molecule has 0 bridgehead atoms. The van der Waals surface area contributed by atoms with Crippen LogP contribution in [0.1, 0.15) is 85.4 Å². The fraction of sp³-hybridized carbons (Fsp3) is 0.542. The van der Waals surface area contributed by atoms with Crippen molar-refractivity contribution in [3.8, 4) is 10.4 Å². The van der Waals surface area contributed by atoms with Gasteiger partial charge in [0.15, 0.2) is 0 Å². The lowest BCUT2D eigenvalue weighted by Gasteiger charge is -2.30. The molecule has 0 atom stereocenters. The molecule has 0 aliphatic heterocycles. The molecule has 2 fully saturated rings. The highest BCUT2D eigenvalue weighted by atomic mass is 32.1. The van der Waals surface area contributed by atoms with Crippen LogP contribution in [-0.2, 0) is 0 Å². The van der Waals surface area contributed by atoms with Crippen molar-refractivity contribution in [1.29, 1.82) is 0 Å². The standard InChI is InChI=1S/C24H31NOS/c1-25(21-10-6-3-7-11-21)24(26)23-17-16-22(27-23)20-14-12-19(13-15-20)18-8-4-2-5-9-18/h12-18,21H,2-11H2,1H3. The predicted octanol–water partition coefficient (Wildman–Crippen LogP) is 6.87. The molecule has 1 aromatic heterocycles. The molecule has 4 rings (SSSR count). The first kappa shape index (κ1) is 18.7. The second-order valence-electron chi connectivity index (χ2n) is 8.33. The molecular weight excluding hydrogens is 350 g/mol. The van der Waals surface area contributed by atoms with Crippen molar-refractivity contribution in [3.63, 3.8) is 0 Å². The van der Waals surface area contributed by atoms with E-state index in [1.54, 1.807) is 11.3 Å². The molecule has 0 unspecified atom stereocenters. The van der Waals surface area contributed by atoms with Gasteiger partial charge in [0.2, 0.25) is 0 Å². The third kappa shape index (κ3) is 4.29. The van der Waals surface area contributed by atoms with Gasteiger partial charge in [0.25, 0.3) is 5.91 Å². The Labute approximate surface area is 167 Å². The topological polar surface area (TPSA) is 20.3 Å². The SMILES string of the molecule is CN(C(=O)c1ccc(-c2ccc(C3CCCCC3)cc2)s1)C1CCCCC1. The zero-order valence-corrected chi connectivity index (χ0v) is 17.3. The van der Waals surface area contributed by atoms with Crippen LogP contribution >= 0.6 is 11.3 Å². The van der Waals surface area contributed by atoms with E-state index < -0.39 is 0 Å². The Bertz CT molecular complexity index is 751. The van der Waals surface area contributed by atoms with E-state index in [-0.39, 0.29) is 5.91 Å². The highest BCUT2D eigenvalue weighted by Crippen LogP contribution is 2.35. The molecule has 27 heavy (non-hydrogen) atoms. The molecule has 1 aromatic carbocycles. The number of thiophene rings is 1. The molecular formula is C24H31NOS. The Morgan fingerprint density at radius 3 is 2.15 bits per heavy atom. The summed E-state index contributed by atoms with van der Waals surface area (Å²) in [6.45, 7) is 0. The molecule has 1 heterocycles. The number of carbonyl (C=O) groups excluding carboxylic acids is 1. The Kier molecular flexibility index (Phi) is 5.97. The lowest BCUT2D eigenvalue weighted by Crippen LogP contribution is -2.37. The molecule has 144 valence electrons. The smallest absolute Gasteiger partial charge is 0.263 e. The van der Waals surface area contributed by atoms with Gasteiger partial charge in [-0.1, -0.05) is 62.8 Å². The molecule has 0 spiro atoms. The number of nitrogens with zero attached hydrogens (tertiary/aromatic N) is 1. The molecule has 2 aromatic rings. The highest BCUT2D eigenvalue weighted by Gasteiger charge is 2.24. The lowest BCUT2D eigenvalue weighted by atomic mass is 9.84. The third-order valence-corrected chi connectivity index (χ3v) is 7.65. The predicted molar refractivity (Wildman–Crippen MR) is 115 cm³/mol. The first-order chi connectivity index (χ1) is 13.2. The molecule has 1 amide bonds. The average Bonchev–Trinajstić information content (AvgIpc) is 3.24. The van der Waals surface area contributed by atoms with E-state index in [9.17, 15) is 4.79 Å². The van der Waals surface area contributed by atoms with Crippen LogP contribution in [0.15, 0.2) is 36.4 Å². The average molecular weight is 382 g/mol. The van der Waals surface area contributed by atoms with Gasteiger partial charge in [-0.15, -0.1) is 11.3 Å². The summed E-state index contributed by atoms with van der Waals surface area (Å²) in [4.78, 5) is 16.9. The largest absolute Gasteiger partial charge is 0.338 e. The minimum absolute atomic E-state index is 0.192. The van der Waals surface area contributed by atoms with Crippen molar-refractivity contribution in [3.05, 3.63) is 46.8 Å². The van der Waals surface area contributed by atoms with E-state index in [2.05, 4.69) is 30.3 Å². The van der Waals surface area contributed by atoms with Crippen molar-refractivity contribution < 1.29 is 4.79 Å². The lowest BCUT2D eigenvalue weighted by molar-refractivity contribution is 0.0701. The number of carbonyl (C=O) groups is 1. The van der Waals surface area contributed by atoms with E-state index in [0.29, 0.717) is 6.04 Å². The van der Waals surface area contributed by atoms with Gasteiger partial charge in [0.05, 0.1) is 4.88 Å². The van der Waals surface area contributed by atoms with Gasteiger partial charge in [-0.05, 0) is 54.9 Å². The summed E-state index contributed by atoms with van der Waals surface area (Å²) in [7, 11) is 1.98. The molecule has 0 saturated heterocycles. The summed E-state index contributed by atoms with van der Waals surface area (Å²) in [6.07, 6.45) is 13.0. The zero-order valence-electron chi connectivity index (χ0n) is 16.5. The van der Waals surface area contributed by atoms with Crippen LogP contribution in [0.4, 0.5) is 0 Å². The summed E-state index contributed by atoms with van der Waals surface area (Å²) in [6, 6.07) is 13.6. The van der Waals surface area contributed by atoms with Crippen molar-refractivity contribution in [2.75, 3.05) is 7.05 Å². The van der Waals surface area contributed by atoms with Crippen molar-refractivity contribution in [2.45, 2.75) is 76.2 Å². The molecule has 2 saturated carbocycles. The number of rotatable bonds is 4. The maximum atomic E-state index is 12.9.